The standard InChI is InChI=1S/C31H44N2O12/c1-33(20-44-30(27(39)40,15-24(34)35)16-25(36)37)18-22-8-3-6-13-31(22,43)21-9-7-10-23(14-21)45-26(38)17-29(19-32-28(41)42)11-4-2-5-12-29/h7,9-10,14,22,32,43H,2-6,8,11-13,15-20H2,1H3,(H,34,35)(H,36,37)(H,39,40)(H,41,42). The highest BCUT2D eigenvalue weighted by Crippen LogP contribution is 2.43. The van der Waals surface area contributed by atoms with Crippen molar-refractivity contribution in [3.8, 4) is 5.75 Å². The van der Waals surface area contributed by atoms with Crippen LogP contribution in [0, 0.1) is 11.3 Å². The third-order valence-electron chi connectivity index (χ3n) is 9.01. The Balaban J connectivity index is 1.72. The van der Waals surface area contributed by atoms with E-state index in [1.165, 1.54) is 0 Å². The second kappa shape index (κ2) is 15.5. The van der Waals surface area contributed by atoms with Crippen LogP contribution in [0.25, 0.3) is 0 Å². The molecule has 0 spiro atoms. The fraction of sp³-hybridized carbons (Fsp3) is 0.645. The predicted molar refractivity (Wildman–Crippen MR) is 158 cm³/mol. The number of carbonyl (C=O) groups excluding carboxylic acids is 1. The lowest BCUT2D eigenvalue weighted by atomic mass is 9.71. The molecular formula is C31H44N2O12. The largest absolute Gasteiger partial charge is 0.481 e. The number of benzene rings is 1. The van der Waals surface area contributed by atoms with Gasteiger partial charge in [0.15, 0.2) is 5.60 Å². The van der Waals surface area contributed by atoms with E-state index in [9.17, 15) is 44.4 Å². The van der Waals surface area contributed by atoms with Crippen molar-refractivity contribution in [3.05, 3.63) is 29.8 Å². The maximum absolute atomic E-state index is 13.0. The monoisotopic (exact) mass is 636 g/mol. The number of nitrogens with one attached hydrogen (secondary N) is 1. The van der Waals surface area contributed by atoms with E-state index in [4.69, 9.17) is 14.6 Å². The van der Waals surface area contributed by atoms with Crippen molar-refractivity contribution < 1.29 is 59.0 Å². The third-order valence-corrected chi connectivity index (χ3v) is 9.01. The molecule has 2 aliphatic carbocycles. The van der Waals surface area contributed by atoms with Crippen LogP contribution < -0.4 is 10.1 Å². The Morgan fingerprint density at radius 2 is 1.60 bits per heavy atom. The summed E-state index contributed by atoms with van der Waals surface area (Å²) in [4.78, 5) is 60.3. The summed E-state index contributed by atoms with van der Waals surface area (Å²) in [6.45, 7) is -0.0125. The molecule has 3 rings (SSSR count). The number of esters is 1. The van der Waals surface area contributed by atoms with Gasteiger partial charge in [0.1, 0.15) is 12.5 Å². The molecule has 1 aromatic carbocycles. The van der Waals surface area contributed by atoms with Gasteiger partial charge in [0.2, 0.25) is 0 Å². The molecule has 6 N–H and O–H groups in total. The Labute approximate surface area is 261 Å². The van der Waals surface area contributed by atoms with Gasteiger partial charge < -0.3 is 40.3 Å². The smallest absolute Gasteiger partial charge is 0.404 e. The number of aliphatic carboxylic acids is 3. The number of carbonyl (C=O) groups is 5. The first kappa shape index (κ1) is 35.7. The summed E-state index contributed by atoms with van der Waals surface area (Å²) in [5, 5.41) is 51.6. The van der Waals surface area contributed by atoms with Gasteiger partial charge >= 0.3 is 30.0 Å². The molecule has 0 saturated heterocycles. The van der Waals surface area contributed by atoms with Crippen LogP contribution in [0.3, 0.4) is 0 Å². The minimum Gasteiger partial charge on any atom is -0.481 e. The summed E-state index contributed by atoms with van der Waals surface area (Å²) in [6, 6.07) is 6.64. The maximum Gasteiger partial charge on any atom is 0.404 e. The molecule has 0 heterocycles. The van der Waals surface area contributed by atoms with Gasteiger partial charge in [-0.2, -0.15) is 0 Å². The van der Waals surface area contributed by atoms with E-state index >= 15 is 0 Å². The van der Waals surface area contributed by atoms with E-state index in [1.54, 1.807) is 36.2 Å². The SMILES string of the molecule is CN(COC(CC(=O)O)(CC(=O)O)C(=O)O)CC1CCCCC1(O)c1cccc(OC(=O)CC2(CNC(=O)O)CCCCC2)c1. The minimum atomic E-state index is -2.47. The third kappa shape index (κ3) is 9.87. The van der Waals surface area contributed by atoms with Crippen LogP contribution in [0.2, 0.25) is 0 Å². The van der Waals surface area contributed by atoms with E-state index in [-0.39, 0.29) is 31.2 Å². The van der Waals surface area contributed by atoms with Crippen LogP contribution in [0.5, 0.6) is 5.75 Å². The van der Waals surface area contributed by atoms with E-state index in [0.29, 0.717) is 31.2 Å². The summed E-state index contributed by atoms with van der Waals surface area (Å²) >= 11 is 0. The quantitative estimate of drug-likeness (QED) is 0.0873. The number of carboxylic acids is 3. The Bertz CT molecular complexity index is 1210. The highest BCUT2D eigenvalue weighted by atomic mass is 16.5. The summed E-state index contributed by atoms with van der Waals surface area (Å²) < 4.78 is 11.1. The number of hydrogen-bond donors (Lipinski definition) is 6. The Kier molecular flexibility index (Phi) is 12.3. The first-order valence-electron chi connectivity index (χ1n) is 15.2. The Hall–Kier alpha value is -3.75. The molecule has 1 aromatic rings. The van der Waals surface area contributed by atoms with Crippen LogP contribution in [0.15, 0.2) is 24.3 Å². The minimum absolute atomic E-state index is 0.0524. The van der Waals surface area contributed by atoms with Crippen molar-refractivity contribution in [2.45, 2.75) is 88.3 Å². The van der Waals surface area contributed by atoms with Crippen molar-refractivity contribution in [3.63, 3.8) is 0 Å². The highest BCUT2D eigenvalue weighted by Gasteiger charge is 2.46. The molecule has 2 saturated carbocycles. The molecule has 45 heavy (non-hydrogen) atoms. The van der Waals surface area contributed by atoms with Gasteiger partial charge in [-0.15, -0.1) is 0 Å². The molecular weight excluding hydrogens is 592 g/mol. The van der Waals surface area contributed by atoms with E-state index in [2.05, 4.69) is 5.32 Å². The van der Waals surface area contributed by atoms with Crippen LogP contribution in [0.4, 0.5) is 4.79 Å². The van der Waals surface area contributed by atoms with Gasteiger partial charge in [-0.05, 0) is 55.8 Å². The zero-order valence-corrected chi connectivity index (χ0v) is 25.5. The summed E-state index contributed by atoms with van der Waals surface area (Å²) in [5.74, 6) is -5.35. The lowest BCUT2D eigenvalue weighted by Crippen LogP contribution is -2.49. The Morgan fingerprint density at radius 1 is 0.956 bits per heavy atom. The van der Waals surface area contributed by atoms with Gasteiger partial charge in [0.25, 0.3) is 0 Å². The van der Waals surface area contributed by atoms with Crippen molar-refractivity contribution in [2.75, 3.05) is 26.9 Å². The zero-order chi connectivity index (χ0) is 33.3. The normalized spacial score (nSPS) is 21.5. The summed E-state index contributed by atoms with van der Waals surface area (Å²) in [6.07, 6.45) is 3.63. The molecule has 14 heteroatoms. The fourth-order valence-corrected chi connectivity index (χ4v) is 6.66. The van der Waals surface area contributed by atoms with Crippen LogP contribution in [-0.2, 0) is 29.5 Å². The molecule has 2 fully saturated rings. The maximum atomic E-state index is 13.0. The molecule has 250 valence electrons. The summed E-state index contributed by atoms with van der Waals surface area (Å²) in [5.41, 5.74) is -3.79. The molecule has 2 unspecified atom stereocenters. The second-order valence-electron chi connectivity index (χ2n) is 12.5. The van der Waals surface area contributed by atoms with E-state index in [0.717, 1.165) is 32.1 Å². The van der Waals surface area contributed by atoms with Gasteiger partial charge in [-0.25, -0.2) is 9.59 Å². The van der Waals surface area contributed by atoms with Crippen LogP contribution in [0.1, 0.15) is 82.6 Å². The van der Waals surface area contributed by atoms with Crippen molar-refractivity contribution >= 4 is 30.0 Å². The lowest BCUT2D eigenvalue weighted by molar-refractivity contribution is -0.185. The lowest BCUT2D eigenvalue weighted by Gasteiger charge is -2.42. The average Bonchev–Trinajstić information content (AvgIpc) is 2.96. The van der Waals surface area contributed by atoms with Crippen LogP contribution >= 0.6 is 0 Å². The predicted octanol–water partition coefficient (Wildman–Crippen LogP) is 3.26. The average molecular weight is 637 g/mol. The van der Waals surface area contributed by atoms with E-state index < -0.39 is 66.2 Å². The van der Waals surface area contributed by atoms with Crippen LogP contribution in [-0.4, -0.2) is 92.9 Å². The number of amides is 1. The number of aliphatic hydroxyl groups is 1. The molecule has 1 amide bonds. The molecule has 0 aliphatic heterocycles. The molecule has 2 atom stereocenters. The van der Waals surface area contributed by atoms with Crippen molar-refractivity contribution in [2.24, 2.45) is 11.3 Å². The summed E-state index contributed by atoms with van der Waals surface area (Å²) in [7, 11) is 1.60. The molecule has 14 nitrogen and oxygen atoms in total. The molecule has 0 radical (unpaired) electrons. The van der Waals surface area contributed by atoms with Gasteiger partial charge in [0, 0.05) is 19.0 Å². The second-order valence-corrected chi connectivity index (χ2v) is 12.5. The van der Waals surface area contributed by atoms with Gasteiger partial charge in [0.05, 0.1) is 24.9 Å². The van der Waals surface area contributed by atoms with Crippen molar-refractivity contribution in [1.82, 2.24) is 10.2 Å². The first-order chi connectivity index (χ1) is 21.2. The number of carboxylic acid groups (broad SMARTS) is 4. The zero-order valence-electron chi connectivity index (χ0n) is 25.5. The van der Waals surface area contributed by atoms with E-state index in [1.807, 2.05) is 0 Å². The highest BCUT2D eigenvalue weighted by molar-refractivity contribution is 5.88. The molecule has 0 bridgehead atoms. The first-order valence-corrected chi connectivity index (χ1v) is 15.2. The number of nitrogens with zero attached hydrogens (tertiary/aromatic N) is 1. The Morgan fingerprint density at radius 3 is 2.20 bits per heavy atom. The fourth-order valence-electron chi connectivity index (χ4n) is 6.66. The number of ether oxygens (including phenoxy) is 2. The number of hydrogen-bond acceptors (Lipinski definition) is 9. The topological polar surface area (TPSA) is 220 Å². The molecule has 0 aromatic heterocycles. The number of rotatable bonds is 16. The van der Waals surface area contributed by atoms with Crippen molar-refractivity contribution in [1.29, 1.82) is 0 Å². The van der Waals surface area contributed by atoms with Gasteiger partial charge in [-0.1, -0.05) is 44.2 Å². The van der Waals surface area contributed by atoms with Gasteiger partial charge in [-0.3, -0.25) is 19.3 Å². The molecule has 2 aliphatic rings.